The van der Waals surface area contributed by atoms with Gasteiger partial charge in [-0.05, 0) is 56.9 Å². The Kier molecular flexibility index (Phi) is 11.1. The van der Waals surface area contributed by atoms with E-state index in [-0.39, 0.29) is 37.6 Å². The van der Waals surface area contributed by atoms with E-state index in [0.29, 0.717) is 11.9 Å². The monoisotopic (exact) mass is 667 g/mol. The van der Waals surface area contributed by atoms with Gasteiger partial charge in [-0.1, -0.05) is 78.9 Å². The number of fused-ring (bicyclic) bond motifs is 1. The van der Waals surface area contributed by atoms with Crippen LogP contribution in [0.15, 0.2) is 91.0 Å². The number of carbonyl (C=O) groups is 4. The van der Waals surface area contributed by atoms with Gasteiger partial charge in [0.25, 0.3) is 0 Å². The number of ketones is 1. The molecule has 11 nitrogen and oxygen atoms in total. The number of nitrogens with zero attached hydrogens (tertiary/aromatic N) is 3. The first-order chi connectivity index (χ1) is 23.5. The molecule has 0 spiro atoms. The normalized spacial score (nSPS) is 16.0. The zero-order valence-electron chi connectivity index (χ0n) is 28.2. The highest BCUT2D eigenvalue weighted by atomic mass is 16.6. The average molecular weight is 668 g/mol. The van der Waals surface area contributed by atoms with E-state index in [2.05, 4.69) is 4.98 Å². The summed E-state index contributed by atoms with van der Waals surface area (Å²) in [6, 6.07) is 26.2. The standard InChI is InChI=1S/C38H41N3O8/c1-38(2,3)49-37(45)41-23-29(40(22-26-13-7-5-8-14-26)36(44)48-24-27-15-9-6-10-16-27)19-20-32(41)35(43)47-25-33(42)30-21-28-17-11-12-18-31(28)39-34(30)46-4/h5-18,21,29,32H,19-20,22-25H2,1-4H3/t29?,32-/m0/s1. The van der Waals surface area contributed by atoms with Crippen molar-refractivity contribution in [3.63, 3.8) is 0 Å². The summed E-state index contributed by atoms with van der Waals surface area (Å²) in [5, 5.41) is 0.731. The Morgan fingerprint density at radius 1 is 0.857 bits per heavy atom. The predicted molar refractivity (Wildman–Crippen MR) is 182 cm³/mol. The molecule has 2 atom stereocenters. The lowest BCUT2D eigenvalue weighted by Crippen LogP contribution is -2.58. The van der Waals surface area contributed by atoms with Crippen LogP contribution >= 0.6 is 0 Å². The van der Waals surface area contributed by atoms with Crippen molar-refractivity contribution >= 4 is 34.8 Å². The molecule has 1 saturated heterocycles. The van der Waals surface area contributed by atoms with E-state index in [0.717, 1.165) is 16.5 Å². The molecule has 2 amide bonds. The third-order valence-electron chi connectivity index (χ3n) is 8.06. The van der Waals surface area contributed by atoms with Crippen LogP contribution < -0.4 is 4.74 Å². The van der Waals surface area contributed by atoms with Crippen molar-refractivity contribution in [2.45, 2.75) is 64.4 Å². The number of ether oxygens (including phenoxy) is 4. The summed E-state index contributed by atoms with van der Waals surface area (Å²) in [4.78, 5) is 61.3. The van der Waals surface area contributed by atoms with Gasteiger partial charge in [-0.2, -0.15) is 0 Å². The molecule has 1 aromatic heterocycles. The summed E-state index contributed by atoms with van der Waals surface area (Å²) in [7, 11) is 1.41. The molecule has 3 aromatic carbocycles. The van der Waals surface area contributed by atoms with Gasteiger partial charge in [0.2, 0.25) is 11.7 Å². The van der Waals surface area contributed by atoms with Crippen molar-refractivity contribution in [1.82, 2.24) is 14.8 Å². The largest absolute Gasteiger partial charge is 0.480 e. The Labute approximate surface area is 285 Å². The number of hydrogen-bond donors (Lipinski definition) is 0. The number of methoxy groups -OCH3 is 1. The number of amides is 2. The molecule has 49 heavy (non-hydrogen) atoms. The number of hydrogen-bond acceptors (Lipinski definition) is 9. The molecule has 256 valence electrons. The number of benzene rings is 3. The fraction of sp³-hybridized carbons (Fsp3) is 0.342. The lowest BCUT2D eigenvalue weighted by atomic mass is 9.97. The van der Waals surface area contributed by atoms with Crippen LogP contribution in [0.2, 0.25) is 0 Å². The van der Waals surface area contributed by atoms with Gasteiger partial charge in [0.05, 0.1) is 24.2 Å². The molecule has 0 N–H and O–H groups in total. The molecule has 11 heteroatoms. The third kappa shape index (κ3) is 9.13. The fourth-order valence-electron chi connectivity index (χ4n) is 5.66. The maximum Gasteiger partial charge on any atom is 0.411 e. The second kappa shape index (κ2) is 15.6. The first-order valence-corrected chi connectivity index (χ1v) is 16.2. The number of pyridine rings is 1. The minimum Gasteiger partial charge on any atom is -0.480 e. The Hall–Kier alpha value is -5.45. The lowest BCUT2D eigenvalue weighted by molar-refractivity contribution is -0.150. The Morgan fingerprint density at radius 2 is 1.51 bits per heavy atom. The molecule has 0 aliphatic carbocycles. The minimum atomic E-state index is -1.05. The van der Waals surface area contributed by atoms with Gasteiger partial charge in [0, 0.05) is 18.5 Å². The van der Waals surface area contributed by atoms with Crippen LogP contribution in [-0.4, -0.2) is 76.7 Å². The van der Waals surface area contributed by atoms with Crippen LogP contribution in [-0.2, 0) is 32.2 Å². The van der Waals surface area contributed by atoms with E-state index in [4.69, 9.17) is 18.9 Å². The van der Waals surface area contributed by atoms with Crippen LogP contribution in [0.5, 0.6) is 5.88 Å². The van der Waals surface area contributed by atoms with Crippen molar-refractivity contribution in [1.29, 1.82) is 0 Å². The molecule has 2 heterocycles. The maximum absolute atomic E-state index is 13.6. The van der Waals surface area contributed by atoms with Crippen molar-refractivity contribution in [2.24, 2.45) is 0 Å². The molecule has 4 aromatic rings. The number of carbonyl (C=O) groups excluding carboxylic acids is 4. The molecule has 1 unspecified atom stereocenters. The second-order valence-corrected chi connectivity index (χ2v) is 12.8. The fourth-order valence-corrected chi connectivity index (χ4v) is 5.66. The minimum absolute atomic E-state index is 0.0156. The SMILES string of the molecule is COc1nc2ccccc2cc1C(=O)COC(=O)[C@@H]1CCC(N(Cc2ccccc2)C(=O)OCc2ccccc2)CN1C(=O)OC(C)(C)C. The molecular formula is C38H41N3O8. The highest BCUT2D eigenvalue weighted by Gasteiger charge is 2.42. The molecule has 1 aliphatic heterocycles. The molecule has 0 saturated carbocycles. The summed E-state index contributed by atoms with van der Waals surface area (Å²) in [5.74, 6) is -1.14. The maximum atomic E-state index is 13.6. The lowest BCUT2D eigenvalue weighted by Gasteiger charge is -2.42. The molecule has 0 bridgehead atoms. The predicted octanol–water partition coefficient (Wildman–Crippen LogP) is 6.58. The zero-order chi connectivity index (χ0) is 35.0. The van der Waals surface area contributed by atoms with Crippen molar-refractivity contribution in [2.75, 3.05) is 20.3 Å². The van der Waals surface area contributed by atoms with Crippen LogP contribution in [0.4, 0.5) is 9.59 Å². The molecule has 1 fully saturated rings. The molecule has 1 aliphatic rings. The Bertz CT molecular complexity index is 1770. The summed E-state index contributed by atoms with van der Waals surface area (Å²) in [6.45, 7) is 4.89. The number of likely N-dealkylation sites (tertiary alicyclic amines) is 1. The molecule has 0 radical (unpaired) electrons. The van der Waals surface area contributed by atoms with E-state index in [1.165, 1.54) is 12.0 Å². The van der Waals surface area contributed by atoms with Gasteiger partial charge in [-0.25, -0.2) is 19.4 Å². The first-order valence-electron chi connectivity index (χ1n) is 16.2. The topological polar surface area (TPSA) is 125 Å². The number of Topliss-reactive ketones (excluding diaryl/α,β-unsaturated/α-hetero) is 1. The smallest absolute Gasteiger partial charge is 0.411 e. The summed E-state index contributed by atoms with van der Waals surface area (Å²) in [6.07, 6.45) is -0.757. The Balaban J connectivity index is 1.33. The molecular weight excluding hydrogens is 626 g/mol. The Morgan fingerprint density at radius 3 is 2.18 bits per heavy atom. The summed E-state index contributed by atoms with van der Waals surface area (Å²) in [5.41, 5.74) is 1.69. The van der Waals surface area contributed by atoms with Gasteiger partial charge >= 0.3 is 18.2 Å². The number of rotatable bonds is 10. The highest BCUT2D eigenvalue weighted by Crippen LogP contribution is 2.28. The van der Waals surface area contributed by atoms with Crippen LogP contribution in [0.25, 0.3) is 10.9 Å². The zero-order valence-corrected chi connectivity index (χ0v) is 28.2. The molecule has 5 rings (SSSR count). The van der Waals surface area contributed by atoms with Gasteiger partial charge < -0.3 is 18.9 Å². The van der Waals surface area contributed by atoms with Crippen LogP contribution in [0.1, 0.15) is 55.1 Å². The van der Waals surface area contributed by atoms with Crippen molar-refractivity contribution < 1.29 is 38.1 Å². The van der Waals surface area contributed by atoms with Gasteiger partial charge in [0.15, 0.2) is 6.61 Å². The van der Waals surface area contributed by atoms with E-state index >= 15 is 0 Å². The average Bonchev–Trinajstić information content (AvgIpc) is 3.11. The number of piperidine rings is 1. The van der Waals surface area contributed by atoms with E-state index in [9.17, 15) is 19.2 Å². The number of para-hydroxylation sites is 1. The summed E-state index contributed by atoms with van der Waals surface area (Å²) >= 11 is 0. The second-order valence-electron chi connectivity index (χ2n) is 12.8. The first kappa shape index (κ1) is 34.9. The van der Waals surface area contributed by atoms with E-state index in [1.807, 2.05) is 78.9 Å². The van der Waals surface area contributed by atoms with Crippen molar-refractivity contribution in [3.8, 4) is 5.88 Å². The van der Waals surface area contributed by atoms with Crippen LogP contribution in [0, 0.1) is 0 Å². The van der Waals surface area contributed by atoms with Gasteiger partial charge in [-0.3, -0.25) is 14.6 Å². The van der Waals surface area contributed by atoms with E-state index in [1.54, 1.807) is 37.8 Å². The van der Waals surface area contributed by atoms with Gasteiger partial charge in [0.1, 0.15) is 18.2 Å². The van der Waals surface area contributed by atoms with Crippen molar-refractivity contribution in [3.05, 3.63) is 108 Å². The number of aromatic nitrogens is 1. The number of esters is 1. The highest BCUT2D eigenvalue weighted by molar-refractivity contribution is 6.02. The quantitative estimate of drug-likeness (QED) is 0.105. The third-order valence-corrected chi connectivity index (χ3v) is 8.06. The van der Waals surface area contributed by atoms with E-state index < -0.39 is 48.2 Å². The van der Waals surface area contributed by atoms with Gasteiger partial charge in [-0.15, -0.1) is 0 Å². The summed E-state index contributed by atoms with van der Waals surface area (Å²) < 4.78 is 22.3. The van der Waals surface area contributed by atoms with Crippen LogP contribution in [0.3, 0.4) is 0 Å².